The molecule has 1 aliphatic carbocycles. The number of nitrogens with one attached hydrogen (secondary N) is 1. The van der Waals surface area contributed by atoms with E-state index in [9.17, 15) is 13.6 Å². The number of alkyl halides is 2. The number of halogens is 2. The monoisotopic (exact) mass is 241 g/mol. The lowest BCUT2D eigenvalue weighted by Gasteiger charge is -2.15. The minimum absolute atomic E-state index is 0.0893. The van der Waals surface area contributed by atoms with Crippen LogP contribution in [0.15, 0.2) is 30.3 Å². The van der Waals surface area contributed by atoms with E-state index in [1.807, 2.05) is 18.2 Å². The smallest absolute Gasteiger partial charge is 0.408 e. The molecule has 0 saturated heterocycles. The lowest BCUT2D eigenvalue weighted by Crippen LogP contribution is -2.42. The summed E-state index contributed by atoms with van der Waals surface area (Å²) in [4.78, 5) is 11.3. The maximum atomic E-state index is 12.5. The maximum Gasteiger partial charge on any atom is 0.408 e. The Morgan fingerprint density at radius 1 is 1.35 bits per heavy atom. The molecular formula is C12H13F2NO2. The van der Waals surface area contributed by atoms with Gasteiger partial charge in [0, 0.05) is 0 Å². The second kappa shape index (κ2) is 4.69. The highest BCUT2D eigenvalue weighted by atomic mass is 19.3. The van der Waals surface area contributed by atoms with Gasteiger partial charge in [0.15, 0.2) is 0 Å². The molecular weight excluding hydrogens is 228 g/mol. The highest BCUT2D eigenvalue weighted by Crippen LogP contribution is 2.40. The predicted molar refractivity (Wildman–Crippen MR) is 57.7 cm³/mol. The molecule has 0 heterocycles. The Labute approximate surface area is 97.8 Å². The number of carbonyl (C=O) groups is 1. The number of rotatable bonds is 4. The van der Waals surface area contributed by atoms with E-state index in [-0.39, 0.29) is 6.61 Å². The van der Waals surface area contributed by atoms with Gasteiger partial charge in [-0.25, -0.2) is 13.6 Å². The van der Waals surface area contributed by atoms with Gasteiger partial charge in [-0.05, 0) is 18.4 Å². The molecule has 0 atom stereocenters. The van der Waals surface area contributed by atoms with Crippen molar-refractivity contribution in [2.24, 2.45) is 0 Å². The quantitative estimate of drug-likeness (QED) is 0.880. The van der Waals surface area contributed by atoms with Crippen LogP contribution in [0.25, 0.3) is 0 Å². The van der Waals surface area contributed by atoms with Crippen LogP contribution in [0.4, 0.5) is 13.6 Å². The molecule has 1 aliphatic rings. The van der Waals surface area contributed by atoms with Crippen molar-refractivity contribution in [2.75, 3.05) is 0 Å². The van der Waals surface area contributed by atoms with Crippen molar-refractivity contribution < 1.29 is 18.3 Å². The fourth-order valence-electron chi connectivity index (χ4n) is 1.49. The summed E-state index contributed by atoms with van der Waals surface area (Å²) in [6, 6.07) is 9.08. The molecule has 0 unspecified atom stereocenters. The third-order valence-electron chi connectivity index (χ3n) is 2.77. The molecule has 5 heteroatoms. The Morgan fingerprint density at radius 3 is 2.53 bits per heavy atom. The van der Waals surface area contributed by atoms with Crippen molar-refractivity contribution in [2.45, 2.75) is 31.4 Å². The average molecular weight is 241 g/mol. The Bertz CT molecular complexity index is 391. The van der Waals surface area contributed by atoms with Crippen molar-refractivity contribution in [3.8, 4) is 0 Å². The molecule has 92 valence electrons. The third kappa shape index (κ3) is 2.93. The van der Waals surface area contributed by atoms with E-state index in [2.05, 4.69) is 5.32 Å². The van der Waals surface area contributed by atoms with Gasteiger partial charge in [-0.1, -0.05) is 30.3 Å². The molecule has 1 aromatic rings. The Balaban J connectivity index is 1.79. The molecule has 3 nitrogen and oxygen atoms in total. The number of benzene rings is 1. The van der Waals surface area contributed by atoms with E-state index in [0.717, 1.165) is 5.56 Å². The zero-order valence-electron chi connectivity index (χ0n) is 9.16. The van der Waals surface area contributed by atoms with Crippen LogP contribution in [0.3, 0.4) is 0 Å². The molecule has 1 amide bonds. The van der Waals surface area contributed by atoms with E-state index in [1.54, 1.807) is 12.1 Å². The van der Waals surface area contributed by atoms with Crippen LogP contribution >= 0.6 is 0 Å². The van der Waals surface area contributed by atoms with Gasteiger partial charge in [0.25, 0.3) is 6.43 Å². The summed E-state index contributed by atoms with van der Waals surface area (Å²) in [5.74, 6) is 0. The van der Waals surface area contributed by atoms with E-state index in [1.165, 1.54) is 0 Å². The van der Waals surface area contributed by atoms with Crippen LogP contribution in [-0.4, -0.2) is 18.1 Å². The van der Waals surface area contributed by atoms with Gasteiger partial charge in [0.1, 0.15) is 12.1 Å². The highest BCUT2D eigenvalue weighted by Gasteiger charge is 2.52. The minimum Gasteiger partial charge on any atom is -0.445 e. The first-order chi connectivity index (χ1) is 8.12. The lowest BCUT2D eigenvalue weighted by molar-refractivity contribution is 0.0729. The minimum atomic E-state index is -2.54. The normalized spacial score (nSPS) is 16.6. The number of alkyl carbamates (subject to hydrolysis) is 1. The molecule has 0 radical (unpaired) electrons. The largest absolute Gasteiger partial charge is 0.445 e. The second-order valence-electron chi connectivity index (χ2n) is 4.14. The summed E-state index contributed by atoms with van der Waals surface area (Å²) in [5.41, 5.74) is -0.516. The van der Waals surface area contributed by atoms with Gasteiger partial charge in [-0.15, -0.1) is 0 Å². The first-order valence-corrected chi connectivity index (χ1v) is 5.39. The molecule has 1 N–H and O–H groups in total. The van der Waals surface area contributed by atoms with E-state index in [4.69, 9.17) is 4.74 Å². The number of amides is 1. The molecule has 0 aromatic heterocycles. The van der Waals surface area contributed by atoms with Crippen LogP contribution in [-0.2, 0) is 11.3 Å². The summed E-state index contributed by atoms with van der Waals surface area (Å²) < 4.78 is 29.9. The first-order valence-electron chi connectivity index (χ1n) is 5.39. The molecule has 0 aliphatic heterocycles. The van der Waals surface area contributed by atoms with Crippen molar-refractivity contribution in [3.63, 3.8) is 0 Å². The van der Waals surface area contributed by atoms with E-state index >= 15 is 0 Å². The third-order valence-corrected chi connectivity index (χ3v) is 2.77. The Morgan fingerprint density at radius 2 is 2.00 bits per heavy atom. The average Bonchev–Trinajstić information content (AvgIpc) is 3.09. The summed E-state index contributed by atoms with van der Waals surface area (Å²) >= 11 is 0. The molecule has 1 fully saturated rings. The van der Waals surface area contributed by atoms with Gasteiger partial charge >= 0.3 is 6.09 Å². The standard InChI is InChI=1S/C12H13F2NO2/c13-10(14)12(6-7-12)15-11(16)17-8-9-4-2-1-3-5-9/h1-5,10H,6-8H2,(H,15,16). The summed E-state index contributed by atoms with van der Waals surface area (Å²) in [7, 11) is 0. The molecule has 1 aromatic carbocycles. The Hall–Kier alpha value is -1.65. The van der Waals surface area contributed by atoms with Crippen molar-refractivity contribution in [1.29, 1.82) is 0 Å². The van der Waals surface area contributed by atoms with Crippen LogP contribution in [0.5, 0.6) is 0 Å². The second-order valence-corrected chi connectivity index (χ2v) is 4.14. The summed E-state index contributed by atoms with van der Waals surface area (Å²) in [5, 5.41) is 2.23. The van der Waals surface area contributed by atoms with Crippen LogP contribution in [0.2, 0.25) is 0 Å². The highest BCUT2D eigenvalue weighted by molar-refractivity contribution is 5.69. The fourth-order valence-corrected chi connectivity index (χ4v) is 1.49. The number of hydrogen-bond acceptors (Lipinski definition) is 2. The van der Waals surface area contributed by atoms with Gasteiger partial charge in [0.2, 0.25) is 0 Å². The van der Waals surface area contributed by atoms with Crippen LogP contribution in [0, 0.1) is 0 Å². The summed E-state index contributed by atoms with van der Waals surface area (Å²) in [6.45, 7) is 0.0893. The van der Waals surface area contributed by atoms with Gasteiger partial charge in [-0.2, -0.15) is 0 Å². The van der Waals surface area contributed by atoms with Crippen molar-refractivity contribution in [1.82, 2.24) is 5.32 Å². The van der Waals surface area contributed by atoms with Crippen molar-refractivity contribution in [3.05, 3.63) is 35.9 Å². The molecule has 1 saturated carbocycles. The molecule has 0 bridgehead atoms. The van der Waals surface area contributed by atoms with E-state index < -0.39 is 18.1 Å². The van der Waals surface area contributed by atoms with Crippen LogP contribution < -0.4 is 5.32 Å². The first kappa shape index (κ1) is 11.8. The zero-order chi connectivity index (χ0) is 12.3. The fraction of sp³-hybridized carbons (Fsp3) is 0.417. The maximum absolute atomic E-state index is 12.5. The van der Waals surface area contributed by atoms with Gasteiger partial charge in [-0.3, -0.25) is 0 Å². The topological polar surface area (TPSA) is 38.3 Å². The summed E-state index contributed by atoms with van der Waals surface area (Å²) in [6.07, 6.45) is -2.70. The van der Waals surface area contributed by atoms with E-state index in [0.29, 0.717) is 12.8 Å². The predicted octanol–water partition coefficient (Wildman–Crippen LogP) is 2.71. The molecule has 0 spiro atoms. The lowest BCUT2D eigenvalue weighted by atomic mass is 10.2. The number of ether oxygens (including phenoxy) is 1. The Kier molecular flexibility index (Phi) is 3.26. The zero-order valence-corrected chi connectivity index (χ0v) is 9.16. The molecule has 17 heavy (non-hydrogen) atoms. The number of hydrogen-bond donors (Lipinski definition) is 1. The van der Waals surface area contributed by atoms with Crippen molar-refractivity contribution >= 4 is 6.09 Å². The van der Waals surface area contributed by atoms with Gasteiger partial charge in [0.05, 0.1) is 0 Å². The molecule has 2 rings (SSSR count). The van der Waals surface area contributed by atoms with Gasteiger partial charge < -0.3 is 10.1 Å². The van der Waals surface area contributed by atoms with Crippen LogP contribution in [0.1, 0.15) is 18.4 Å². The SMILES string of the molecule is O=C(NC1(C(F)F)CC1)OCc1ccccc1. The number of carbonyl (C=O) groups excluding carboxylic acids is 1.